The van der Waals surface area contributed by atoms with E-state index in [2.05, 4.69) is 10.8 Å². The number of fused-ring (bicyclic) bond motifs is 1. The first-order chi connectivity index (χ1) is 15.3. The second kappa shape index (κ2) is 8.72. The Hall–Kier alpha value is -3.84. The molecule has 4 aromatic carbocycles. The lowest BCUT2D eigenvalue weighted by molar-refractivity contribution is 0.0693. The van der Waals surface area contributed by atoms with Crippen molar-refractivity contribution in [1.29, 1.82) is 0 Å². The van der Waals surface area contributed by atoms with Crippen molar-refractivity contribution in [3.63, 3.8) is 0 Å². The van der Waals surface area contributed by atoms with Gasteiger partial charge in [0.2, 0.25) is 0 Å². The molecule has 6 nitrogen and oxygen atoms in total. The molecule has 0 aliphatic carbocycles. The van der Waals surface area contributed by atoms with Gasteiger partial charge in [-0.1, -0.05) is 30.3 Å². The molecule has 0 amide bonds. The lowest BCUT2D eigenvalue weighted by Crippen LogP contribution is -2.07. The van der Waals surface area contributed by atoms with Gasteiger partial charge < -0.3 is 19.7 Å². The van der Waals surface area contributed by atoms with Gasteiger partial charge in [-0.05, 0) is 67.4 Å². The number of hydrogen-bond acceptors (Lipinski definition) is 4. The molecule has 0 aromatic heterocycles. The van der Waals surface area contributed by atoms with E-state index in [0.29, 0.717) is 22.2 Å². The maximum atomic E-state index is 13.1. The van der Waals surface area contributed by atoms with Crippen LogP contribution in [0.15, 0.2) is 77.7 Å². The van der Waals surface area contributed by atoms with Crippen LogP contribution in [0.3, 0.4) is 0 Å². The smallest absolute Gasteiger partial charge is 0.339 e. The summed E-state index contributed by atoms with van der Waals surface area (Å²) in [6.45, 7) is 4.01. The Balaban J connectivity index is 1.59. The molecule has 3 N–H and O–H groups in total. The third-order valence-electron chi connectivity index (χ3n) is 4.90. The van der Waals surface area contributed by atoms with Crippen molar-refractivity contribution in [3.8, 4) is 17.2 Å². The molecule has 1 unspecified atom stereocenters. The van der Waals surface area contributed by atoms with Crippen molar-refractivity contribution < 1.29 is 24.0 Å². The van der Waals surface area contributed by atoms with Crippen LogP contribution in [0.4, 0.5) is 5.69 Å². The topological polar surface area (TPSA) is 95.9 Å². The molecule has 0 saturated heterocycles. The molecule has 0 radical (unpaired) electrons. The Bertz CT molecular complexity index is 1330. The van der Waals surface area contributed by atoms with E-state index >= 15 is 0 Å². The van der Waals surface area contributed by atoms with Crippen molar-refractivity contribution in [2.24, 2.45) is 0 Å². The van der Waals surface area contributed by atoms with Gasteiger partial charge in [-0.3, -0.25) is 0 Å². The average Bonchev–Trinajstić information content (AvgIpc) is 2.74. The summed E-state index contributed by atoms with van der Waals surface area (Å²) in [4.78, 5) is 11.8. The van der Waals surface area contributed by atoms with E-state index in [-0.39, 0.29) is 16.2 Å². The molecular weight excluding hydrogens is 426 g/mol. The number of carboxylic acid groups (broad SMARTS) is 1. The molecule has 0 bridgehead atoms. The first kappa shape index (κ1) is 21.4. The normalized spacial score (nSPS) is 11.8. The maximum Gasteiger partial charge on any atom is 0.339 e. The van der Waals surface area contributed by atoms with Gasteiger partial charge in [-0.25, -0.2) is 9.00 Å². The number of benzene rings is 4. The fraction of sp³-hybridized carbons (Fsp3) is 0.0800. The standard InChI is InChI=1S/C25H21NO5S/c1-15-11-16(2)13-19(12-15)31-18-9-7-17(8-10-18)26-32(30)23-14-22(25(28)29)24(27)21-6-4-3-5-20(21)23/h3-14,26-27H,1-2H3,(H,28,29). The first-order valence-electron chi connectivity index (χ1n) is 9.84. The summed E-state index contributed by atoms with van der Waals surface area (Å²) in [6, 6.07) is 20.9. The van der Waals surface area contributed by atoms with E-state index in [1.165, 1.54) is 6.07 Å². The predicted octanol–water partition coefficient (Wildman–Crippen LogP) is 5.79. The lowest BCUT2D eigenvalue weighted by atomic mass is 10.1. The van der Waals surface area contributed by atoms with E-state index in [1.807, 2.05) is 26.0 Å². The minimum Gasteiger partial charge on any atom is -0.506 e. The number of aromatic carboxylic acids is 1. The molecule has 0 spiro atoms. The van der Waals surface area contributed by atoms with Crippen LogP contribution in [0.2, 0.25) is 0 Å². The van der Waals surface area contributed by atoms with Gasteiger partial charge in [-0.2, -0.15) is 0 Å². The SMILES string of the molecule is Cc1cc(C)cc(Oc2ccc(NS(=O)c3cc(C(=O)O)c(O)c4ccccc34)cc2)c1. The highest BCUT2D eigenvalue weighted by Crippen LogP contribution is 2.34. The number of rotatable bonds is 6. The van der Waals surface area contributed by atoms with E-state index in [0.717, 1.165) is 16.9 Å². The second-order valence-corrected chi connectivity index (χ2v) is 8.62. The molecule has 4 aromatic rings. The van der Waals surface area contributed by atoms with Crippen molar-refractivity contribution in [1.82, 2.24) is 0 Å². The van der Waals surface area contributed by atoms with Gasteiger partial charge in [0.25, 0.3) is 0 Å². The van der Waals surface area contributed by atoms with Crippen LogP contribution in [0.1, 0.15) is 21.5 Å². The minimum absolute atomic E-state index is 0.270. The lowest BCUT2D eigenvalue weighted by Gasteiger charge is -2.13. The van der Waals surface area contributed by atoms with Crippen LogP contribution >= 0.6 is 0 Å². The Labute approximate surface area is 187 Å². The fourth-order valence-corrected chi connectivity index (χ4v) is 4.59. The van der Waals surface area contributed by atoms with Gasteiger partial charge >= 0.3 is 5.97 Å². The summed E-state index contributed by atoms with van der Waals surface area (Å²) < 4.78 is 21.8. The summed E-state index contributed by atoms with van der Waals surface area (Å²) in [6.07, 6.45) is 0. The van der Waals surface area contributed by atoms with Gasteiger partial charge in [0.05, 0.1) is 4.90 Å². The van der Waals surface area contributed by atoms with Gasteiger partial charge in [0.15, 0.2) is 11.0 Å². The molecule has 1 atom stereocenters. The zero-order valence-electron chi connectivity index (χ0n) is 17.5. The van der Waals surface area contributed by atoms with Crippen molar-refractivity contribution >= 4 is 33.4 Å². The largest absolute Gasteiger partial charge is 0.506 e. The summed E-state index contributed by atoms with van der Waals surface area (Å²) in [5, 5.41) is 20.5. The molecule has 0 fully saturated rings. The molecule has 0 aliphatic rings. The summed E-state index contributed by atoms with van der Waals surface area (Å²) in [5.41, 5.74) is 2.49. The number of nitrogens with one attached hydrogen (secondary N) is 1. The number of carboxylic acids is 1. The predicted molar refractivity (Wildman–Crippen MR) is 125 cm³/mol. The monoisotopic (exact) mass is 447 g/mol. The highest BCUT2D eigenvalue weighted by molar-refractivity contribution is 7.86. The van der Waals surface area contributed by atoms with Gasteiger partial charge in [0.1, 0.15) is 22.8 Å². The Morgan fingerprint density at radius 2 is 1.50 bits per heavy atom. The van der Waals surface area contributed by atoms with Crippen molar-refractivity contribution in [2.45, 2.75) is 18.7 Å². The molecule has 162 valence electrons. The van der Waals surface area contributed by atoms with E-state index in [9.17, 15) is 19.2 Å². The number of hydrogen-bond donors (Lipinski definition) is 3. The van der Waals surface area contributed by atoms with Crippen LogP contribution in [-0.2, 0) is 11.0 Å². The summed E-state index contributed by atoms with van der Waals surface area (Å²) in [7, 11) is -1.76. The van der Waals surface area contributed by atoms with Crippen LogP contribution in [0.25, 0.3) is 10.8 Å². The van der Waals surface area contributed by atoms with Gasteiger partial charge in [-0.15, -0.1) is 0 Å². The van der Waals surface area contributed by atoms with E-state index in [1.54, 1.807) is 48.5 Å². The zero-order chi connectivity index (χ0) is 22.8. The molecule has 4 rings (SSSR count). The second-order valence-electron chi connectivity index (χ2n) is 7.44. The number of ether oxygens (including phenoxy) is 1. The Morgan fingerprint density at radius 1 is 0.875 bits per heavy atom. The molecule has 7 heteroatoms. The quantitative estimate of drug-likeness (QED) is 0.348. The zero-order valence-corrected chi connectivity index (χ0v) is 18.3. The van der Waals surface area contributed by atoms with Gasteiger partial charge in [0, 0.05) is 16.5 Å². The molecule has 0 saturated carbocycles. The van der Waals surface area contributed by atoms with Crippen LogP contribution in [-0.4, -0.2) is 20.4 Å². The Kier molecular flexibility index (Phi) is 5.83. The number of carbonyl (C=O) groups is 1. The number of anilines is 1. The van der Waals surface area contributed by atoms with Crippen LogP contribution in [0, 0.1) is 13.8 Å². The third-order valence-corrected chi connectivity index (χ3v) is 6.06. The molecule has 32 heavy (non-hydrogen) atoms. The maximum absolute atomic E-state index is 13.1. The summed E-state index contributed by atoms with van der Waals surface area (Å²) >= 11 is 0. The van der Waals surface area contributed by atoms with E-state index in [4.69, 9.17) is 4.74 Å². The third kappa shape index (κ3) is 4.43. The average molecular weight is 448 g/mol. The van der Waals surface area contributed by atoms with Crippen LogP contribution in [0.5, 0.6) is 17.2 Å². The Morgan fingerprint density at radius 3 is 2.12 bits per heavy atom. The van der Waals surface area contributed by atoms with Crippen molar-refractivity contribution in [2.75, 3.05) is 4.72 Å². The molecule has 0 aliphatic heterocycles. The van der Waals surface area contributed by atoms with Crippen LogP contribution < -0.4 is 9.46 Å². The molecule has 0 heterocycles. The highest BCUT2D eigenvalue weighted by Gasteiger charge is 2.19. The number of aromatic hydroxyl groups is 1. The summed E-state index contributed by atoms with van der Waals surface area (Å²) in [5.74, 6) is -0.265. The number of aryl methyl sites for hydroxylation is 2. The molecular formula is C25H21NO5S. The fourth-order valence-electron chi connectivity index (χ4n) is 3.52. The van der Waals surface area contributed by atoms with E-state index < -0.39 is 17.0 Å². The van der Waals surface area contributed by atoms with Crippen molar-refractivity contribution in [3.05, 3.63) is 89.5 Å². The first-order valence-corrected chi connectivity index (χ1v) is 11.0. The highest BCUT2D eigenvalue weighted by atomic mass is 32.2. The number of phenols is 1. The minimum atomic E-state index is -1.76.